The number of ether oxygens (including phenoxy) is 6. The average Bonchev–Trinajstić information content (AvgIpc) is 3.21. The second-order valence-electron chi connectivity index (χ2n) is 11.8. The monoisotopic (exact) mass is 588 g/mol. The van der Waals surface area contributed by atoms with Gasteiger partial charge < -0.3 is 28.4 Å². The van der Waals surface area contributed by atoms with Gasteiger partial charge in [0.2, 0.25) is 0 Å². The second-order valence-corrected chi connectivity index (χ2v) is 11.8. The van der Waals surface area contributed by atoms with Gasteiger partial charge in [0, 0.05) is 12.5 Å². The summed E-state index contributed by atoms with van der Waals surface area (Å²) in [5, 5.41) is 0. The molecule has 0 aromatic heterocycles. The fourth-order valence-corrected chi connectivity index (χ4v) is 5.53. The number of carbonyl (C=O) groups is 3. The molecule has 0 spiro atoms. The Morgan fingerprint density at radius 1 is 1.10 bits per heavy atom. The molecule has 1 saturated heterocycles. The maximum Gasteiger partial charge on any atom is 0.412 e. The minimum absolute atomic E-state index is 0.0469. The van der Waals surface area contributed by atoms with Crippen LogP contribution in [0, 0.1) is 6.92 Å². The molecule has 0 N–H and O–H groups in total. The van der Waals surface area contributed by atoms with E-state index in [4.69, 9.17) is 28.4 Å². The van der Waals surface area contributed by atoms with Gasteiger partial charge in [0.05, 0.1) is 31.8 Å². The molecule has 0 bridgehead atoms. The van der Waals surface area contributed by atoms with Crippen LogP contribution in [0.5, 0.6) is 11.5 Å². The topological polar surface area (TPSA) is 113 Å². The van der Waals surface area contributed by atoms with Gasteiger partial charge >= 0.3 is 18.2 Å². The maximum atomic E-state index is 13.9. The molecule has 1 aromatic rings. The molecule has 11 nitrogen and oxygen atoms in total. The highest BCUT2D eigenvalue weighted by molar-refractivity contribution is 5.74. The summed E-state index contributed by atoms with van der Waals surface area (Å²) in [5.41, 5.74) is 0.424. The van der Waals surface area contributed by atoms with Crippen molar-refractivity contribution in [3.05, 3.63) is 48.1 Å². The van der Waals surface area contributed by atoms with Gasteiger partial charge in [-0.1, -0.05) is 31.4 Å². The Bertz CT molecular complexity index is 1200. The third-order valence-electron chi connectivity index (χ3n) is 7.03. The molecule has 0 aliphatic carbocycles. The largest absolute Gasteiger partial charge is 0.493 e. The summed E-state index contributed by atoms with van der Waals surface area (Å²) in [7, 11) is 1.54. The van der Waals surface area contributed by atoms with Crippen molar-refractivity contribution >= 4 is 18.2 Å². The Morgan fingerprint density at radius 2 is 1.76 bits per heavy atom. The number of aryl methyl sites for hydroxylation is 1. The summed E-state index contributed by atoms with van der Waals surface area (Å²) in [4.78, 5) is 42.5. The number of methoxy groups -OCH3 is 1. The van der Waals surface area contributed by atoms with Crippen molar-refractivity contribution in [1.29, 1.82) is 0 Å². The summed E-state index contributed by atoms with van der Waals surface area (Å²) in [5.74, 6) is 0.414. The molecule has 1 aromatic carbocycles. The van der Waals surface area contributed by atoms with E-state index in [1.165, 1.54) is 22.8 Å². The highest BCUT2D eigenvalue weighted by atomic mass is 16.6. The summed E-state index contributed by atoms with van der Waals surface area (Å²) in [6.07, 6.45) is 2.11. The first kappa shape index (κ1) is 32.8. The van der Waals surface area contributed by atoms with Crippen LogP contribution in [-0.4, -0.2) is 84.9 Å². The van der Waals surface area contributed by atoms with E-state index in [0.717, 1.165) is 11.1 Å². The first-order valence-corrected chi connectivity index (χ1v) is 14.0. The van der Waals surface area contributed by atoms with E-state index in [1.54, 1.807) is 47.8 Å². The molecule has 1 fully saturated rings. The lowest BCUT2D eigenvalue weighted by Gasteiger charge is -2.47. The molecule has 3 rings (SSSR count). The normalized spacial score (nSPS) is 21.2. The summed E-state index contributed by atoms with van der Waals surface area (Å²) in [6.45, 7) is 19.6. The minimum atomic E-state index is -1.08. The number of esters is 1. The molecule has 232 valence electrons. The van der Waals surface area contributed by atoms with Crippen LogP contribution in [-0.2, 0) is 30.2 Å². The van der Waals surface area contributed by atoms with Crippen LogP contribution < -0.4 is 9.47 Å². The number of rotatable bonds is 9. The van der Waals surface area contributed by atoms with Crippen molar-refractivity contribution in [3.63, 3.8) is 0 Å². The molecule has 0 radical (unpaired) electrons. The molecule has 2 aliphatic heterocycles. The number of hydrogen-bond donors (Lipinski definition) is 0. The Hall–Kier alpha value is -3.73. The molecule has 2 heterocycles. The number of benzene rings is 1. The molecule has 2 aliphatic rings. The first-order valence-electron chi connectivity index (χ1n) is 14.0. The van der Waals surface area contributed by atoms with E-state index >= 15 is 0 Å². The van der Waals surface area contributed by atoms with Crippen LogP contribution in [0.15, 0.2) is 31.4 Å². The number of hydrogen-bond acceptors (Lipinski definition) is 9. The van der Waals surface area contributed by atoms with Gasteiger partial charge in [-0.3, -0.25) is 14.6 Å². The van der Waals surface area contributed by atoms with Gasteiger partial charge in [-0.05, 0) is 59.1 Å². The fraction of sp³-hybridized carbons (Fsp3) is 0.581. The van der Waals surface area contributed by atoms with Gasteiger partial charge in [-0.25, -0.2) is 9.59 Å². The molecule has 0 saturated carbocycles. The van der Waals surface area contributed by atoms with Crippen LogP contribution in [0.25, 0.3) is 0 Å². The van der Waals surface area contributed by atoms with E-state index in [1.807, 2.05) is 13.0 Å². The van der Waals surface area contributed by atoms with Gasteiger partial charge in [0.25, 0.3) is 0 Å². The molecular weight excluding hydrogens is 544 g/mol. The van der Waals surface area contributed by atoms with Crippen molar-refractivity contribution in [3.8, 4) is 11.5 Å². The lowest BCUT2D eigenvalue weighted by molar-refractivity contribution is -0.143. The zero-order valence-electron chi connectivity index (χ0n) is 26.0. The highest BCUT2D eigenvalue weighted by Crippen LogP contribution is 2.50. The quantitative estimate of drug-likeness (QED) is 0.221. The predicted octanol–water partition coefficient (Wildman–Crippen LogP) is 5.09. The van der Waals surface area contributed by atoms with Gasteiger partial charge in [0.1, 0.15) is 31.1 Å². The zero-order chi connectivity index (χ0) is 31.4. The molecule has 1 unspecified atom stereocenters. The highest BCUT2D eigenvalue weighted by Gasteiger charge is 2.55. The van der Waals surface area contributed by atoms with Crippen LogP contribution >= 0.6 is 0 Å². The van der Waals surface area contributed by atoms with Gasteiger partial charge in [-0.15, -0.1) is 0 Å². The fourth-order valence-electron chi connectivity index (χ4n) is 5.53. The Kier molecular flexibility index (Phi) is 10.2. The first-order chi connectivity index (χ1) is 19.7. The lowest BCUT2D eigenvalue weighted by Crippen LogP contribution is -2.59. The molecular formula is C31H44N2O9. The minimum Gasteiger partial charge on any atom is -0.493 e. The zero-order valence-corrected chi connectivity index (χ0v) is 26.0. The van der Waals surface area contributed by atoms with Crippen molar-refractivity contribution in [1.82, 2.24) is 9.80 Å². The van der Waals surface area contributed by atoms with Crippen LogP contribution in [0.1, 0.15) is 64.3 Å². The van der Waals surface area contributed by atoms with Crippen molar-refractivity contribution in [2.75, 3.05) is 33.5 Å². The van der Waals surface area contributed by atoms with Gasteiger partial charge in [0.15, 0.2) is 11.5 Å². The standard InChI is InChI=1S/C31H44N2O9/c1-11-13-38-27-24-21(15-19(3)26(27)37-10)16-22(17-40-20(4)34)32(28(35)39-14-12-2)25(24)23-18-41-31(8,9)33(23)29(36)42-30(5,6)7/h11-12,15,22-23,25H,1-2,13-14,16-18H2,3-10H3/t22-,23?,25-/m0/s1. The number of carbonyl (C=O) groups excluding carboxylic acids is 3. The second kappa shape index (κ2) is 13.1. The maximum absolute atomic E-state index is 13.9. The van der Waals surface area contributed by atoms with Crippen LogP contribution in [0.4, 0.5) is 9.59 Å². The third-order valence-corrected chi connectivity index (χ3v) is 7.03. The molecule has 11 heteroatoms. The molecule has 42 heavy (non-hydrogen) atoms. The van der Waals surface area contributed by atoms with E-state index < -0.39 is 47.6 Å². The van der Waals surface area contributed by atoms with E-state index in [0.29, 0.717) is 23.5 Å². The third kappa shape index (κ3) is 7.00. The summed E-state index contributed by atoms with van der Waals surface area (Å²) >= 11 is 0. The van der Waals surface area contributed by atoms with Crippen LogP contribution in [0.2, 0.25) is 0 Å². The van der Waals surface area contributed by atoms with Crippen molar-refractivity contribution < 1.29 is 42.8 Å². The number of fused-ring (bicyclic) bond motifs is 1. The SMILES string of the molecule is C=CCOC(=O)N1[C@H](COC(C)=O)Cc2cc(C)c(OC)c(OCC=C)c2[C@@H]1C1COC(C)(C)N1C(=O)OC(C)(C)C. The van der Waals surface area contributed by atoms with E-state index in [-0.39, 0.29) is 26.4 Å². The van der Waals surface area contributed by atoms with Crippen LogP contribution in [0.3, 0.4) is 0 Å². The predicted molar refractivity (Wildman–Crippen MR) is 156 cm³/mol. The number of amides is 2. The van der Waals surface area contributed by atoms with E-state index in [2.05, 4.69) is 13.2 Å². The Balaban J connectivity index is 2.34. The van der Waals surface area contributed by atoms with Crippen molar-refractivity contribution in [2.24, 2.45) is 0 Å². The van der Waals surface area contributed by atoms with E-state index in [9.17, 15) is 14.4 Å². The summed E-state index contributed by atoms with van der Waals surface area (Å²) < 4.78 is 35.0. The Labute approximate surface area is 248 Å². The van der Waals surface area contributed by atoms with Crippen molar-refractivity contribution in [2.45, 2.75) is 84.3 Å². The average molecular weight is 589 g/mol. The smallest absolute Gasteiger partial charge is 0.412 e. The lowest BCUT2D eigenvalue weighted by atomic mass is 9.82. The van der Waals surface area contributed by atoms with Gasteiger partial charge in [-0.2, -0.15) is 0 Å². The summed E-state index contributed by atoms with van der Waals surface area (Å²) in [6, 6.07) is -0.278. The molecule has 3 atom stereocenters. The number of nitrogens with zero attached hydrogens (tertiary/aromatic N) is 2. The Morgan fingerprint density at radius 3 is 2.33 bits per heavy atom. The molecule has 2 amide bonds.